The van der Waals surface area contributed by atoms with Gasteiger partial charge >= 0.3 is 17.9 Å². The molecule has 0 fully saturated rings. The molecule has 0 amide bonds. The zero-order chi connectivity index (χ0) is 57.8. The molecule has 0 saturated heterocycles. The van der Waals surface area contributed by atoms with Crippen molar-refractivity contribution in [3.8, 4) is 0 Å². The molecule has 0 heterocycles. The van der Waals surface area contributed by atoms with Crippen LogP contribution in [-0.4, -0.2) is 37.2 Å². The second-order valence-electron chi connectivity index (χ2n) is 21.3. The van der Waals surface area contributed by atoms with Crippen LogP contribution in [0.15, 0.2) is 146 Å². The predicted molar refractivity (Wildman–Crippen MR) is 348 cm³/mol. The lowest BCUT2D eigenvalue weighted by molar-refractivity contribution is -0.167. The van der Waals surface area contributed by atoms with Gasteiger partial charge in [-0.3, -0.25) is 14.4 Å². The van der Waals surface area contributed by atoms with Gasteiger partial charge in [0.1, 0.15) is 13.2 Å². The normalized spacial score (nSPS) is 13.1. The molecule has 452 valence electrons. The molecule has 0 radical (unpaired) electrons. The van der Waals surface area contributed by atoms with Crippen molar-refractivity contribution in [2.24, 2.45) is 0 Å². The molecule has 0 bridgehead atoms. The van der Waals surface area contributed by atoms with Crippen LogP contribution >= 0.6 is 0 Å². The molecule has 1 unspecified atom stereocenters. The van der Waals surface area contributed by atoms with Gasteiger partial charge in [0.05, 0.1) is 0 Å². The molecule has 0 saturated carbocycles. The summed E-state index contributed by atoms with van der Waals surface area (Å²) in [7, 11) is 0. The average molecular weight is 1110 g/mol. The van der Waals surface area contributed by atoms with Crippen LogP contribution in [0.3, 0.4) is 0 Å². The van der Waals surface area contributed by atoms with Crippen LogP contribution in [0.1, 0.15) is 284 Å². The van der Waals surface area contributed by atoms with E-state index in [1.54, 1.807) is 0 Å². The van der Waals surface area contributed by atoms with Crippen LogP contribution in [0.5, 0.6) is 0 Å². The Hall–Kier alpha value is -4.71. The van der Waals surface area contributed by atoms with Crippen molar-refractivity contribution >= 4 is 17.9 Å². The Morgan fingerprint density at radius 3 is 0.825 bits per heavy atom. The van der Waals surface area contributed by atoms with Gasteiger partial charge in [0.15, 0.2) is 6.10 Å². The first-order valence-electron chi connectivity index (χ1n) is 32.8. The summed E-state index contributed by atoms with van der Waals surface area (Å²) in [6, 6.07) is 0. The van der Waals surface area contributed by atoms with Crippen molar-refractivity contribution in [1.82, 2.24) is 0 Å². The van der Waals surface area contributed by atoms with Gasteiger partial charge in [-0.25, -0.2) is 0 Å². The highest BCUT2D eigenvalue weighted by Gasteiger charge is 2.19. The summed E-state index contributed by atoms with van der Waals surface area (Å²) < 4.78 is 16.9. The Bertz CT molecular complexity index is 1750. The van der Waals surface area contributed by atoms with Crippen molar-refractivity contribution in [3.05, 3.63) is 146 Å². The Labute approximate surface area is 493 Å². The fourth-order valence-electron chi connectivity index (χ4n) is 8.65. The number of hydrogen-bond donors (Lipinski definition) is 0. The highest BCUT2D eigenvalue weighted by atomic mass is 16.6. The van der Waals surface area contributed by atoms with Crippen LogP contribution in [0, 0.1) is 0 Å². The van der Waals surface area contributed by atoms with E-state index in [-0.39, 0.29) is 37.5 Å². The van der Waals surface area contributed by atoms with Crippen molar-refractivity contribution in [2.75, 3.05) is 13.2 Å². The zero-order valence-corrected chi connectivity index (χ0v) is 51.8. The minimum atomic E-state index is -0.821. The van der Waals surface area contributed by atoms with Crippen molar-refractivity contribution < 1.29 is 28.6 Å². The molecule has 0 aliphatic rings. The maximum absolute atomic E-state index is 12.9. The van der Waals surface area contributed by atoms with Gasteiger partial charge in [-0.05, 0) is 141 Å². The molecule has 0 aliphatic carbocycles. The summed E-state index contributed by atoms with van der Waals surface area (Å²) >= 11 is 0. The number of hydrogen-bond acceptors (Lipinski definition) is 6. The summed E-state index contributed by atoms with van der Waals surface area (Å²) in [5.74, 6) is -0.991. The second-order valence-corrected chi connectivity index (χ2v) is 21.3. The summed E-state index contributed by atoms with van der Waals surface area (Å²) in [6.07, 6.45) is 95.6. The molecule has 80 heavy (non-hydrogen) atoms. The van der Waals surface area contributed by atoms with Crippen LogP contribution in [0.2, 0.25) is 0 Å². The van der Waals surface area contributed by atoms with E-state index < -0.39 is 6.10 Å². The van der Waals surface area contributed by atoms with Crippen molar-refractivity contribution in [3.63, 3.8) is 0 Å². The van der Waals surface area contributed by atoms with E-state index in [2.05, 4.69) is 167 Å². The van der Waals surface area contributed by atoms with Gasteiger partial charge in [-0.15, -0.1) is 0 Å². The molecule has 0 aliphatic heterocycles. The number of esters is 3. The maximum atomic E-state index is 12.9. The van der Waals surface area contributed by atoms with Crippen LogP contribution in [0.4, 0.5) is 0 Å². The van der Waals surface area contributed by atoms with Crippen LogP contribution < -0.4 is 0 Å². The Balaban J connectivity index is 4.55. The number of allylic oxidation sites excluding steroid dienone is 24. The monoisotopic (exact) mass is 1100 g/mol. The van der Waals surface area contributed by atoms with Crippen LogP contribution in [0.25, 0.3) is 0 Å². The molecular formula is C74H120O6. The van der Waals surface area contributed by atoms with E-state index in [1.807, 2.05) is 0 Å². The first-order valence-corrected chi connectivity index (χ1v) is 32.8. The minimum Gasteiger partial charge on any atom is -0.462 e. The molecule has 6 nitrogen and oxygen atoms in total. The third-order valence-corrected chi connectivity index (χ3v) is 13.5. The van der Waals surface area contributed by atoms with Gasteiger partial charge < -0.3 is 14.2 Å². The summed E-state index contributed by atoms with van der Waals surface area (Å²) in [5.41, 5.74) is 0. The molecule has 1 atom stereocenters. The number of carbonyl (C=O) groups is 3. The molecule has 0 rings (SSSR count). The second kappa shape index (κ2) is 66.8. The van der Waals surface area contributed by atoms with Gasteiger partial charge in [0.2, 0.25) is 0 Å². The van der Waals surface area contributed by atoms with Crippen molar-refractivity contribution in [1.29, 1.82) is 0 Å². The summed E-state index contributed by atoms with van der Waals surface area (Å²) in [4.78, 5) is 38.4. The lowest BCUT2D eigenvalue weighted by Gasteiger charge is -2.18. The topological polar surface area (TPSA) is 78.9 Å². The molecule has 0 spiro atoms. The first-order chi connectivity index (χ1) is 39.5. The Morgan fingerprint density at radius 2 is 0.500 bits per heavy atom. The van der Waals surface area contributed by atoms with Crippen molar-refractivity contribution in [2.45, 2.75) is 290 Å². The Morgan fingerprint density at radius 1 is 0.263 bits per heavy atom. The highest BCUT2D eigenvalue weighted by molar-refractivity contribution is 5.71. The fraction of sp³-hybridized carbons (Fsp3) is 0.635. The van der Waals surface area contributed by atoms with E-state index in [0.29, 0.717) is 19.3 Å². The SMILES string of the molecule is CC/C=C\C/C=C\C/C=C\C/C=C\C/C=C\C/C=C\C/C=C\CCCC(=O)OCC(COC(=O)CCCCCCCCC/C=C\C/C=C\CCCCCC)OC(=O)CCCCCCCC/C=C\C/C=C\C/C=C\CCCCCCC. The fourth-order valence-corrected chi connectivity index (χ4v) is 8.65. The Kier molecular flexibility index (Phi) is 62.9. The quantitative estimate of drug-likeness (QED) is 0.0261. The van der Waals surface area contributed by atoms with E-state index in [4.69, 9.17) is 14.2 Å². The smallest absolute Gasteiger partial charge is 0.306 e. The van der Waals surface area contributed by atoms with Gasteiger partial charge in [-0.1, -0.05) is 269 Å². The number of unbranched alkanes of at least 4 members (excludes halogenated alkanes) is 23. The molecular weight excluding hydrogens is 985 g/mol. The van der Waals surface area contributed by atoms with E-state index in [0.717, 1.165) is 128 Å². The third-order valence-electron chi connectivity index (χ3n) is 13.5. The molecule has 0 aromatic carbocycles. The molecule has 0 aromatic rings. The molecule has 6 heteroatoms. The average Bonchev–Trinajstić information content (AvgIpc) is 3.46. The van der Waals surface area contributed by atoms with E-state index in [1.165, 1.54) is 109 Å². The largest absolute Gasteiger partial charge is 0.462 e. The first kappa shape index (κ1) is 75.3. The van der Waals surface area contributed by atoms with Gasteiger partial charge in [0, 0.05) is 19.3 Å². The van der Waals surface area contributed by atoms with Gasteiger partial charge in [-0.2, -0.15) is 0 Å². The predicted octanol–water partition coefficient (Wildman–Crippen LogP) is 22.7. The van der Waals surface area contributed by atoms with Crippen LogP contribution in [-0.2, 0) is 28.6 Å². The standard InChI is InChI=1S/C74H120O6/c1-4-7-10-13-16-19-22-25-28-31-34-36-37-39-40-43-46-49-52-55-58-61-64-67-73(76)79-70-71(69-78-72(75)66-63-60-57-54-51-48-45-42-33-30-27-24-21-18-15-12-9-6-3)80-74(77)68-65-62-59-56-53-50-47-44-41-38-35-32-29-26-23-20-17-14-11-8-5-2/h7,10,16,19,21,23-26,28,30,32-36,39-41,44,46,49,55,58,71H,4-6,8-9,11-15,17-18,20,22,27,29,31,37-38,42-43,45,47-48,50-54,56-57,59-70H2,1-3H3/b10-7-,19-16-,24-21-,26-23-,28-25-,33-30-,35-32-,36-34-,40-39-,44-41-,49-46-,58-55-. The minimum absolute atomic E-state index is 0.111. The number of carbonyl (C=O) groups excluding carboxylic acids is 3. The zero-order valence-electron chi connectivity index (χ0n) is 51.8. The lowest BCUT2D eigenvalue weighted by atomic mass is 10.1. The molecule has 0 N–H and O–H groups in total. The number of rotatable bonds is 58. The maximum Gasteiger partial charge on any atom is 0.306 e. The van der Waals surface area contributed by atoms with E-state index in [9.17, 15) is 14.4 Å². The summed E-state index contributed by atoms with van der Waals surface area (Å²) in [5, 5.41) is 0. The lowest BCUT2D eigenvalue weighted by Crippen LogP contribution is -2.30. The third kappa shape index (κ3) is 64.1. The highest BCUT2D eigenvalue weighted by Crippen LogP contribution is 2.14. The van der Waals surface area contributed by atoms with E-state index >= 15 is 0 Å². The van der Waals surface area contributed by atoms with Gasteiger partial charge in [0.25, 0.3) is 0 Å². The number of ether oxygens (including phenoxy) is 3. The summed E-state index contributed by atoms with van der Waals surface area (Å²) in [6.45, 7) is 6.44. The molecule has 0 aromatic heterocycles.